The predicted octanol–water partition coefficient (Wildman–Crippen LogP) is -7.05. The van der Waals surface area contributed by atoms with Crippen LogP contribution in [0.4, 0.5) is 0 Å². The summed E-state index contributed by atoms with van der Waals surface area (Å²) in [6.07, 6.45) is -7.11. The maximum atomic E-state index is 12.2. The lowest BCUT2D eigenvalue weighted by Crippen LogP contribution is -2.30. The molecule has 0 fully saturated rings. The summed E-state index contributed by atoms with van der Waals surface area (Å²) < 4.78 is 180. The minimum Gasteiger partial charge on any atom is -0.756 e. The summed E-state index contributed by atoms with van der Waals surface area (Å²) in [6, 6.07) is 0. The van der Waals surface area contributed by atoms with Crippen molar-refractivity contribution in [1.82, 2.24) is 0 Å². The number of phosphoric ester groups is 9. The van der Waals surface area contributed by atoms with Crippen molar-refractivity contribution < 1.29 is 187 Å². The van der Waals surface area contributed by atoms with Crippen LogP contribution in [0.1, 0.15) is 0 Å². The number of rotatable bonds is 41. The Morgan fingerprint density at radius 2 is 0.492 bits per heavy atom. The molecule has 0 saturated carbocycles. The largest absolute Gasteiger partial charge is 0.756 e. The molecule has 0 radical (unpaired) electrons. The molecule has 0 aromatic heterocycles. The number of aliphatic hydroxyl groups excluding tert-OH is 4. The molecule has 392 valence electrons. The Morgan fingerprint density at radius 3 is 0.692 bits per heavy atom. The lowest BCUT2D eigenvalue weighted by atomic mass is 10.4. The van der Waals surface area contributed by atoms with Gasteiger partial charge >= 0.3 is 0 Å². The molecule has 49 heteroatoms. The van der Waals surface area contributed by atoms with Crippen molar-refractivity contribution in [2.45, 2.75) is 18.3 Å². The van der Waals surface area contributed by atoms with Gasteiger partial charge in [0, 0.05) is 7.11 Å². The van der Waals surface area contributed by atoms with Crippen molar-refractivity contribution in [2.75, 3.05) is 87.5 Å². The third-order valence-corrected chi connectivity index (χ3v) is 13.6. The minimum atomic E-state index is -5.95. The fourth-order valence-corrected chi connectivity index (χ4v) is 8.50. The standard InChI is InChI=1S/C16H43O40P9/c1-39-57(21,22)54-14(2-44-62(31,32)50-12-52-64(35,36)55-15(4-40-58(23,24)46-8-17)5-41-59(25,26)47-9-18)3-45-63(33,34)51-13-53-65(37,38)56-16(6-42-60(27,28)48-10-19)7-43-61(29,30)49-11-20/h14-20H,2-13H2,1H3,(H,21,22)(H,23,24)(H,25,26)(H,27,28)(H,29,30)(H,31,32)(H,33,34)(H,35,36)(H,37,38)/p-9. The van der Waals surface area contributed by atoms with Gasteiger partial charge in [0.2, 0.25) is 0 Å². The molecule has 0 aliphatic carbocycles. The Bertz CT molecular complexity index is 1660. The van der Waals surface area contributed by atoms with Gasteiger partial charge in [-0.1, -0.05) is 0 Å². The van der Waals surface area contributed by atoms with Crippen LogP contribution in [0.25, 0.3) is 0 Å². The van der Waals surface area contributed by atoms with Crippen molar-refractivity contribution >= 4 is 70.4 Å². The molecule has 0 aromatic carbocycles. The maximum Gasteiger partial charge on any atom is 0.270 e. The highest BCUT2D eigenvalue weighted by Crippen LogP contribution is 2.49. The Balaban J connectivity index is 5.59. The van der Waals surface area contributed by atoms with E-state index in [1.807, 2.05) is 0 Å². The van der Waals surface area contributed by atoms with Crippen molar-refractivity contribution in [2.24, 2.45) is 0 Å². The Morgan fingerprint density at radius 1 is 0.308 bits per heavy atom. The van der Waals surface area contributed by atoms with Gasteiger partial charge in [0.15, 0.2) is 40.8 Å². The Kier molecular flexibility index (Phi) is 30.4. The zero-order valence-electron chi connectivity index (χ0n) is 31.7. The van der Waals surface area contributed by atoms with E-state index in [4.69, 9.17) is 20.4 Å². The smallest absolute Gasteiger partial charge is 0.270 e. The molecule has 9 unspecified atom stereocenters. The summed E-state index contributed by atoms with van der Waals surface area (Å²) in [5.74, 6) is 0. The van der Waals surface area contributed by atoms with Gasteiger partial charge in [0.1, 0.15) is 18.3 Å². The predicted molar refractivity (Wildman–Crippen MR) is 173 cm³/mol. The highest BCUT2D eigenvalue weighted by molar-refractivity contribution is 7.48. The van der Waals surface area contributed by atoms with Crippen LogP contribution in [-0.2, 0) is 123 Å². The van der Waals surface area contributed by atoms with Crippen molar-refractivity contribution in [1.29, 1.82) is 0 Å². The lowest BCUT2D eigenvalue weighted by Gasteiger charge is -2.33. The van der Waals surface area contributed by atoms with E-state index in [1.165, 1.54) is 0 Å². The molecule has 0 rings (SSSR count). The first-order valence-corrected chi connectivity index (χ1v) is 28.6. The molecular formula is C16H34O40P9-9. The second-order valence-electron chi connectivity index (χ2n) is 9.95. The van der Waals surface area contributed by atoms with E-state index in [2.05, 4.69) is 81.4 Å². The first kappa shape index (κ1) is 65.8. The SMILES string of the molecule is COP(=O)([O-])OC(COP(=O)([O-])OCOP(=O)([O-])OC(COP(=O)([O-])OCO)COP(=O)([O-])OCO)COP(=O)([O-])OCOP(=O)([O-])OC(COP(=O)([O-])OCO)COP(=O)([O-])OCO. The normalized spacial score (nSPS) is 22.2. The molecular weight excluding hydrogens is 1110 g/mol. The number of aliphatic hydroxyl groups is 4. The zero-order chi connectivity index (χ0) is 50.4. The van der Waals surface area contributed by atoms with E-state index in [0.717, 1.165) is 0 Å². The molecule has 40 nitrogen and oxygen atoms in total. The molecule has 0 amide bonds. The summed E-state index contributed by atoms with van der Waals surface area (Å²) in [5.41, 5.74) is 0. The van der Waals surface area contributed by atoms with E-state index >= 15 is 0 Å². The maximum absolute atomic E-state index is 12.2. The molecule has 0 saturated heterocycles. The van der Waals surface area contributed by atoms with Gasteiger partial charge in [-0.3, -0.25) is 77.3 Å². The molecule has 9 atom stereocenters. The number of hydrogen-bond donors (Lipinski definition) is 4. The van der Waals surface area contributed by atoms with Gasteiger partial charge in [-0.2, -0.15) is 0 Å². The fraction of sp³-hybridized carbons (Fsp3) is 1.00. The highest BCUT2D eigenvalue weighted by Gasteiger charge is 2.28. The molecule has 0 bridgehead atoms. The molecule has 0 aliphatic rings. The van der Waals surface area contributed by atoms with Gasteiger partial charge in [-0.25, -0.2) is 0 Å². The number of hydrogen-bond acceptors (Lipinski definition) is 40. The van der Waals surface area contributed by atoms with Crippen molar-refractivity contribution in [3.63, 3.8) is 0 Å². The lowest BCUT2D eigenvalue weighted by molar-refractivity contribution is -0.256. The van der Waals surface area contributed by atoms with Crippen LogP contribution in [-0.4, -0.2) is 126 Å². The van der Waals surface area contributed by atoms with Crippen LogP contribution in [0, 0.1) is 0 Å². The van der Waals surface area contributed by atoms with Crippen LogP contribution in [0.5, 0.6) is 0 Å². The second kappa shape index (κ2) is 30.0. The van der Waals surface area contributed by atoms with E-state index in [-0.39, 0.29) is 0 Å². The average molecular weight is 1150 g/mol. The molecule has 0 aromatic rings. The Hall–Kier alpha value is 0.830. The van der Waals surface area contributed by atoms with Crippen LogP contribution in [0.15, 0.2) is 0 Å². The van der Waals surface area contributed by atoms with Crippen LogP contribution in [0.3, 0.4) is 0 Å². The third kappa shape index (κ3) is 33.9. The first-order chi connectivity index (χ1) is 29.6. The van der Waals surface area contributed by atoms with Crippen LogP contribution in [0.2, 0.25) is 0 Å². The van der Waals surface area contributed by atoms with Crippen molar-refractivity contribution in [3.05, 3.63) is 0 Å². The van der Waals surface area contributed by atoms with Gasteiger partial charge in [-0.05, 0) is 0 Å². The highest BCUT2D eigenvalue weighted by atomic mass is 31.2. The molecule has 65 heavy (non-hydrogen) atoms. The fourth-order valence-electron chi connectivity index (χ4n) is 2.84. The monoisotopic (exact) mass is 1140 g/mol. The Labute approximate surface area is 363 Å². The second-order valence-corrected chi connectivity index (χ2v) is 22.6. The molecule has 4 N–H and O–H groups in total. The molecule has 0 heterocycles. The van der Waals surface area contributed by atoms with Crippen molar-refractivity contribution in [3.8, 4) is 0 Å². The number of phosphoric acid groups is 9. The quantitative estimate of drug-likeness (QED) is 0.0326. The summed E-state index contributed by atoms with van der Waals surface area (Å²) in [7, 11) is -50.3. The van der Waals surface area contributed by atoms with E-state index in [0.29, 0.717) is 7.11 Å². The zero-order valence-corrected chi connectivity index (χ0v) is 39.8. The first-order valence-electron chi connectivity index (χ1n) is 15.4. The third-order valence-electron chi connectivity index (χ3n) is 5.28. The molecule has 0 spiro atoms. The van der Waals surface area contributed by atoms with Gasteiger partial charge in [0.05, 0.1) is 39.6 Å². The summed E-state index contributed by atoms with van der Waals surface area (Å²) in [5, 5.41) is 34.2. The summed E-state index contributed by atoms with van der Waals surface area (Å²) in [6.45, 7) is -19.0. The average Bonchev–Trinajstić information content (AvgIpc) is 3.14. The van der Waals surface area contributed by atoms with Gasteiger partial charge in [-0.15, -0.1) is 0 Å². The minimum absolute atomic E-state index is 0.484. The summed E-state index contributed by atoms with van der Waals surface area (Å²) >= 11 is 0. The summed E-state index contributed by atoms with van der Waals surface area (Å²) in [4.78, 5) is 107. The topological polar surface area (TPSA) is 608 Å². The van der Waals surface area contributed by atoms with Crippen LogP contribution >= 0.6 is 70.4 Å². The molecule has 0 aliphatic heterocycles. The van der Waals surface area contributed by atoms with Gasteiger partial charge < -0.3 is 110 Å². The van der Waals surface area contributed by atoms with Crippen LogP contribution < -0.4 is 44.0 Å². The van der Waals surface area contributed by atoms with E-state index in [1.54, 1.807) is 0 Å². The van der Waals surface area contributed by atoms with E-state index in [9.17, 15) is 85.1 Å². The van der Waals surface area contributed by atoms with Gasteiger partial charge in [0.25, 0.3) is 70.4 Å². The van der Waals surface area contributed by atoms with E-state index < -0.39 is 169 Å².